The molecule has 0 spiro atoms. The molecule has 0 atom stereocenters. The molecule has 1 aromatic heterocycles. The van der Waals surface area contributed by atoms with Crippen LogP contribution in [0.2, 0.25) is 0 Å². The van der Waals surface area contributed by atoms with Crippen molar-refractivity contribution in [2.24, 2.45) is 5.92 Å². The number of anilines is 2. The molecule has 0 aromatic carbocycles. The monoisotopic (exact) mass is 335 g/mol. The van der Waals surface area contributed by atoms with Crippen LogP contribution < -0.4 is 9.80 Å². The van der Waals surface area contributed by atoms with E-state index in [4.69, 9.17) is 0 Å². The molecule has 3 rings (SSSR count). The molecular formula is C16H25N5OS. The van der Waals surface area contributed by atoms with E-state index in [9.17, 15) is 4.79 Å². The Morgan fingerprint density at radius 3 is 2.52 bits per heavy atom. The van der Waals surface area contributed by atoms with Gasteiger partial charge >= 0.3 is 0 Å². The van der Waals surface area contributed by atoms with Gasteiger partial charge in [0.25, 0.3) is 0 Å². The van der Waals surface area contributed by atoms with Gasteiger partial charge in [0.1, 0.15) is 18.0 Å². The highest BCUT2D eigenvalue weighted by Crippen LogP contribution is 2.25. The van der Waals surface area contributed by atoms with E-state index < -0.39 is 0 Å². The summed E-state index contributed by atoms with van der Waals surface area (Å²) in [4.78, 5) is 27.6. The highest BCUT2D eigenvalue weighted by molar-refractivity contribution is 7.99. The van der Waals surface area contributed by atoms with Crippen LogP contribution >= 0.6 is 11.8 Å². The van der Waals surface area contributed by atoms with Crippen molar-refractivity contribution in [1.29, 1.82) is 0 Å². The standard InChI is InChI=1S/C16H25N5OS/c1-19(2)14-11-15(18-12-17-14)20-5-3-13(4-6-20)16(22)21-7-9-23-10-8-21/h11-13H,3-10H2,1-2H3. The summed E-state index contributed by atoms with van der Waals surface area (Å²) in [5, 5.41) is 0. The van der Waals surface area contributed by atoms with Crippen LogP contribution in [0.15, 0.2) is 12.4 Å². The van der Waals surface area contributed by atoms with Gasteiger partial charge in [0.15, 0.2) is 0 Å². The summed E-state index contributed by atoms with van der Waals surface area (Å²) >= 11 is 1.94. The van der Waals surface area contributed by atoms with E-state index in [2.05, 4.69) is 19.8 Å². The molecule has 7 heteroatoms. The summed E-state index contributed by atoms with van der Waals surface area (Å²) in [7, 11) is 3.96. The fraction of sp³-hybridized carbons (Fsp3) is 0.688. The van der Waals surface area contributed by atoms with Crippen molar-refractivity contribution in [3.8, 4) is 0 Å². The van der Waals surface area contributed by atoms with E-state index >= 15 is 0 Å². The van der Waals surface area contributed by atoms with Crippen LogP contribution in [0.5, 0.6) is 0 Å². The lowest BCUT2D eigenvalue weighted by Crippen LogP contribution is -2.45. The van der Waals surface area contributed by atoms with Crippen molar-refractivity contribution in [2.45, 2.75) is 12.8 Å². The SMILES string of the molecule is CN(C)c1cc(N2CCC(C(=O)N3CCSCC3)CC2)ncn1. The fourth-order valence-corrected chi connectivity index (χ4v) is 4.06. The normalized spacial score (nSPS) is 19.7. The predicted octanol–water partition coefficient (Wildman–Crippen LogP) is 1.33. The number of amides is 1. The molecule has 2 aliphatic rings. The van der Waals surface area contributed by atoms with Crippen LogP contribution in [0, 0.1) is 5.92 Å². The Kier molecular flexibility index (Phi) is 5.25. The first-order valence-corrected chi connectivity index (χ1v) is 9.41. The number of aromatic nitrogens is 2. The molecule has 0 bridgehead atoms. The highest BCUT2D eigenvalue weighted by Gasteiger charge is 2.29. The van der Waals surface area contributed by atoms with Gasteiger partial charge in [0.2, 0.25) is 5.91 Å². The molecule has 126 valence electrons. The first-order valence-electron chi connectivity index (χ1n) is 8.26. The fourth-order valence-electron chi connectivity index (χ4n) is 3.15. The summed E-state index contributed by atoms with van der Waals surface area (Å²) in [6, 6.07) is 2.02. The van der Waals surface area contributed by atoms with E-state index in [1.54, 1.807) is 6.33 Å². The van der Waals surface area contributed by atoms with Crippen LogP contribution in [0.1, 0.15) is 12.8 Å². The van der Waals surface area contributed by atoms with E-state index in [0.717, 1.165) is 62.2 Å². The maximum atomic E-state index is 12.6. The second-order valence-electron chi connectivity index (χ2n) is 6.33. The second kappa shape index (κ2) is 7.38. The molecule has 0 radical (unpaired) electrons. The van der Waals surface area contributed by atoms with E-state index in [0.29, 0.717) is 5.91 Å². The Balaban J connectivity index is 1.57. The summed E-state index contributed by atoms with van der Waals surface area (Å²) in [5.74, 6) is 4.59. The van der Waals surface area contributed by atoms with Crippen molar-refractivity contribution < 1.29 is 4.79 Å². The number of carbonyl (C=O) groups is 1. The van der Waals surface area contributed by atoms with Crippen LogP contribution in [0.25, 0.3) is 0 Å². The maximum absolute atomic E-state index is 12.6. The minimum atomic E-state index is 0.185. The van der Waals surface area contributed by atoms with Gasteiger partial charge < -0.3 is 14.7 Å². The molecule has 2 fully saturated rings. The summed E-state index contributed by atoms with van der Waals surface area (Å²) in [5.41, 5.74) is 0. The molecule has 3 heterocycles. The first kappa shape index (κ1) is 16.4. The molecule has 6 nitrogen and oxygen atoms in total. The molecule has 0 saturated carbocycles. The number of nitrogens with zero attached hydrogens (tertiary/aromatic N) is 5. The second-order valence-corrected chi connectivity index (χ2v) is 7.55. The maximum Gasteiger partial charge on any atom is 0.225 e. The van der Waals surface area contributed by atoms with E-state index in [1.165, 1.54) is 0 Å². The number of carbonyl (C=O) groups excluding carboxylic acids is 1. The van der Waals surface area contributed by atoms with Gasteiger partial charge in [-0.1, -0.05) is 0 Å². The Morgan fingerprint density at radius 2 is 1.87 bits per heavy atom. The summed E-state index contributed by atoms with van der Waals surface area (Å²) in [6.45, 7) is 3.62. The molecule has 1 amide bonds. The molecule has 0 aliphatic carbocycles. The Bertz CT molecular complexity index is 539. The van der Waals surface area contributed by atoms with E-state index in [1.807, 2.05) is 36.8 Å². The third kappa shape index (κ3) is 3.88. The zero-order valence-electron chi connectivity index (χ0n) is 13.9. The van der Waals surface area contributed by atoms with Gasteiger partial charge in [-0.2, -0.15) is 11.8 Å². The number of hydrogen-bond donors (Lipinski definition) is 0. The zero-order valence-corrected chi connectivity index (χ0v) is 14.8. The predicted molar refractivity (Wildman–Crippen MR) is 95.2 cm³/mol. The van der Waals surface area contributed by atoms with Crippen molar-refractivity contribution in [3.05, 3.63) is 12.4 Å². The average Bonchev–Trinajstić information content (AvgIpc) is 2.62. The Labute approximate surface area is 142 Å². The van der Waals surface area contributed by atoms with Crippen LogP contribution in [-0.4, -0.2) is 72.6 Å². The summed E-state index contributed by atoms with van der Waals surface area (Å²) in [6.07, 6.45) is 3.46. The van der Waals surface area contributed by atoms with Crippen LogP contribution in [-0.2, 0) is 4.79 Å². The Hall–Kier alpha value is -1.50. The first-order chi connectivity index (χ1) is 11.1. The largest absolute Gasteiger partial charge is 0.363 e. The van der Waals surface area contributed by atoms with E-state index in [-0.39, 0.29) is 5.92 Å². The minimum Gasteiger partial charge on any atom is -0.363 e. The number of rotatable bonds is 3. The third-order valence-electron chi connectivity index (χ3n) is 4.59. The lowest BCUT2D eigenvalue weighted by atomic mass is 9.95. The molecule has 0 N–H and O–H groups in total. The van der Waals surface area contributed by atoms with Crippen LogP contribution in [0.3, 0.4) is 0 Å². The van der Waals surface area contributed by atoms with Crippen molar-refractivity contribution in [1.82, 2.24) is 14.9 Å². The Morgan fingerprint density at radius 1 is 1.17 bits per heavy atom. The highest BCUT2D eigenvalue weighted by atomic mass is 32.2. The molecule has 2 saturated heterocycles. The van der Waals surface area contributed by atoms with Gasteiger partial charge in [-0.25, -0.2) is 9.97 Å². The van der Waals surface area contributed by atoms with Crippen molar-refractivity contribution in [2.75, 3.05) is 61.6 Å². The molecule has 2 aliphatic heterocycles. The third-order valence-corrected chi connectivity index (χ3v) is 5.53. The lowest BCUT2D eigenvalue weighted by Gasteiger charge is -2.36. The molecule has 0 unspecified atom stereocenters. The van der Waals surface area contributed by atoms with Crippen molar-refractivity contribution >= 4 is 29.3 Å². The number of hydrogen-bond acceptors (Lipinski definition) is 6. The number of piperidine rings is 1. The molecule has 23 heavy (non-hydrogen) atoms. The van der Waals surface area contributed by atoms with Gasteiger partial charge in [-0.15, -0.1) is 0 Å². The van der Waals surface area contributed by atoms with Gasteiger partial charge in [-0.3, -0.25) is 4.79 Å². The van der Waals surface area contributed by atoms with Gasteiger partial charge in [0, 0.05) is 63.8 Å². The van der Waals surface area contributed by atoms with Gasteiger partial charge in [0.05, 0.1) is 0 Å². The quantitative estimate of drug-likeness (QED) is 0.831. The van der Waals surface area contributed by atoms with Crippen molar-refractivity contribution in [3.63, 3.8) is 0 Å². The molecule has 1 aromatic rings. The average molecular weight is 335 g/mol. The van der Waals surface area contributed by atoms with Crippen LogP contribution in [0.4, 0.5) is 11.6 Å². The summed E-state index contributed by atoms with van der Waals surface area (Å²) < 4.78 is 0. The minimum absolute atomic E-state index is 0.185. The smallest absolute Gasteiger partial charge is 0.225 e. The topological polar surface area (TPSA) is 52.6 Å². The molecular weight excluding hydrogens is 310 g/mol. The zero-order chi connectivity index (χ0) is 16.2. The lowest BCUT2D eigenvalue weighted by molar-refractivity contribution is -0.135. The van der Waals surface area contributed by atoms with Gasteiger partial charge in [-0.05, 0) is 12.8 Å². The number of thioether (sulfide) groups is 1.